The fourth-order valence-electron chi connectivity index (χ4n) is 3.52. The fourth-order valence-corrected chi connectivity index (χ4v) is 4.17. The number of benzene rings is 2. The summed E-state index contributed by atoms with van der Waals surface area (Å²) in [5.74, 6) is 0.558. The molecule has 3 rings (SSSR count). The van der Waals surface area contributed by atoms with Gasteiger partial charge in [-0.3, -0.25) is 9.59 Å². The van der Waals surface area contributed by atoms with E-state index in [-0.39, 0.29) is 17.6 Å². The molecule has 0 saturated heterocycles. The maximum Gasteiger partial charge on any atom is 0.268 e. The number of hydrogen-bond acceptors (Lipinski definition) is 5. The summed E-state index contributed by atoms with van der Waals surface area (Å²) in [5.41, 5.74) is 1.54. The Kier molecular flexibility index (Phi) is 8.87. The minimum atomic E-state index is -0.418. The van der Waals surface area contributed by atoms with Gasteiger partial charge in [0.25, 0.3) is 11.8 Å². The quantitative estimate of drug-likeness (QED) is 0.381. The largest absolute Gasteiger partial charge is 0.493 e. The predicted octanol–water partition coefficient (Wildman–Crippen LogP) is 5.44. The minimum absolute atomic E-state index is 0.173. The maximum atomic E-state index is 13.4. The third kappa shape index (κ3) is 6.71. The predicted molar refractivity (Wildman–Crippen MR) is 136 cm³/mol. The molecule has 0 aliphatic carbocycles. The molecule has 0 aliphatic heterocycles. The number of nitrogens with one attached hydrogen (secondary N) is 2. The van der Waals surface area contributed by atoms with E-state index < -0.39 is 5.91 Å². The van der Waals surface area contributed by atoms with E-state index in [0.29, 0.717) is 23.0 Å². The summed E-state index contributed by atoms with van der Waals surface area (Å²) in [4.78, 5) is 27.3. The van der Waals surface area contributed by atoms with Crippen molar-refractivity contribution in [3.8, 4) is 11.5 Å². The first kappa shape index (κ1) is 25.1. The van der Waals surface area contributed by atoms with Crippen LogP contribution < -0.4 is 20.1 Å². The molecule has 34 heavy (non-hydrogen) atoms. The van der Waals surface area contributed by atoms with Gasteiger partial charge < -0.3 is 20.1 Å². The molecule has 6 nitrogen and oxygen atoms in total. The van der Waals surface area contributed by atoms with Crippen molar-refractivity contribution in [2.24, 2.45) is 5.92 Å². The first-order valence-corrected chi connectivity index (χ1v) is 11.9. The molecule has 3 aromatic rings. The lowest BCUT2D eigenvalue weighted by Crippen LogP contribution is -2.37. The zero-order chi connectivity index (χ0) is 24.5. The second-order valence-electron chi connectivity index (χ2n) is 8.16. The van der Waals surface area contributed by atoms with Crippen LogP contribution in [0.5, 0.6) is 11.5 Å². The van der Waals surface area contributed by atoms with Crippen molar-refractivity contribution < 1.29 is 19.1 Å². The number of hydrogen-bond donors (Lipinski definition) is 2. The van der Waals surface area contributed by atoms with E-state index in [9.17, 15) is 9.59 Å². The van der Waals surface area contributed by atoms with Crippen LogP contribution in [0.2, 0.25) is 0 Å². The number of amides is 2. The lowest BCUT2D eigenvalue weighted by Gasteiger charge is -2.22. The van der Waals surface area contributed by atoms with Gasteiger partial charge in [-0.2, -0.15) is 0 Å². The summed E-state index contributed by atoms with van der Waals surface area (Å²) in [6.07, 6.45) is 2.46. The second kappa shape index (κ2) is 12.0. The smallest absolute Gasteiger partial charge is 0.268 e. The highest BCUT2D eigenvalue weighted by molar-refractivity contribution is 7.10. The third-order valence-electron chi connectivity index (χ3n) is 5.18. The van der Waals surface area contributed by atoms with Gasteiger partial charge in [0, 0.05) is 10.4 Å². The summed E-state index contributed by atoms with van der Waals surface area (Å²) in [6, 6.07) is 18.3. The Morgan fingerprint density at radius 3 is 2.32 bits per heavy atom. The van der Waals surface area contributed by atoms with Crippen LogP contribution in [0.4, 0.5) is 0 Å². The SMILES string of the molecule is COc1ccc(C(=O)N/C(=C\c2cccs2)C(=O)N[C@H](CC(C)C)c2ccccc2)cc1OC. The van der Waals surface area contributed by atoms with Gasteiger partial charge in [-0.05, 0) is 53.6 Å². The number of thiophene rings is 1. The molecule has 0 radical (unpaired) electrons. The summed E-state index contributed by atoms with van der Waals surface area (Å²) in [5, 5.41) is 7.82. The molecule has 2 amide bonds. The van der Waals surface area contributed by atoms with Crippen LogP contribution in [0.1, 0.15) is 47.1 Å². The van der Waals surface area contributed by atoms with Gasteiger partial charge in [0.15, 0.2) is 11.5 Å². The molecular weight excluding hydrogens is 448 g/mol. The van der Waals surface area contributed by atoms with Crippen LogP contribution >= 0.6 is 11.3 Å². The molecule has 0 spiro atoms. The molecule has 1 heterocycles. The van der Waals surface area contributed by atoms with Crippen molar-refractivity contribution in [1.82, 2.24) is 10.6 Å². The van der Waals surface area contributed by atoms with Gasteiger partial charge in [0.05, 0.1) is 20.3 Å². The average molecular weight is 479 g/mol. The number of ether oxygens (including phenoxy) is 2. The standard InChI is InChI=1S/C27H30N2O4S/c1-18(2)15-22(19-9-6-5-7-10-19)28-27(31)23(17-21-11-8-14-34-21)29-26(30)20-12-13-24(32-3)25(16-20)33-4/h5-14,16-18,22H,15H2,1-4H3,(H,28,31)(H,29,30)/b23-17-/t22-/m1/s1. The van der Waals surface area contributed by atoms with E-state index in [1.165, 1.54) is 25.6 Å². The first-order chi connectivity index (χ1) is 16.4. The monoisotopic (exact) mass is 478 g/mol. The minimum Gasteiger partial charge on any atom is -0.493 e. The topological polar surface area (TPSA) is 76.7 Å². The van der Waals surface area contributed by atoms with Crippen molar-refractivity contribution in [3.05, 3.63) is 87.7 Å². The van der Waals surface area contributed by atoms with E-state index in [1.807, 2.05) is 47.8 Å². The summed E-state index contributed by atoms with van der Waals surface area (Å²) in [6.45, 7) is 4.23. The Hall–Kier alpha value is -3.58. The number of rotatable bonds is 10. The Labute approximate surface area is 204 Å². The summed E-state index contributed by atoms with van der Waals surface area (Å²) in [7, 11) is 3.04. The van der Waals surface area contributed by atoms with Crippen LogP contribution in [-0.2, 0) is 4.79 Å². The lowest BCUT2D eigenvalue weighted by molar-refractivity contribution is -0.118. The molecule has 178 valence electrons. The molecule has 1 atom stereocenters. The van der Waals surface area contributed by atoms with Crippen LogP contribution in [-0.4, -0.2) is 26.0 Å². The lowest BCUT2D eigenvalue weighted by atomic mass is 9.97. The van der Waals surface area contributed by atoms with Crippen LogP contribution in [0.15, 0.2) is 71.7 Å². The number of carbonyl (C=O) groups is 2. The van der Waals surface area contributed by atoms with E-state index in [1.54, 1.807) is 24.3 Å². The Morgan fingerprint density at radius 1 is 0.971 bits per heavy atom. The fraction of sp³-hybridized carbons (Fsp3) is 0.259. The van der Waals surface area contributed by atoms with Gasteiger partial charge in [-0.15, -0.1) is 11.3 Å². The van der Waals surface area contributed by atoms with E-state index in [4.69, 9.17) is 9.47 Å². The highest BCUT2D eigenvalue weighted by Gasteiger charge is 2.21. The highest BCUT2D eigenvalue weighted by Crippen LogP contribution is 2.28. The van der Waals surface area contributed by atoms with Crippen LogP contribution in [0, 0.1) is 5.92 Å². The van der Waals surface area contributed by atoms with Crippen molar-refractivity contribution >= 4 is 29.2 Å². The van der Waals surface area contributed by atoms with Gasteiger partial charge in [-0.1, -0.05) is 50.2 Å². The molecule has 0 unspecified atom stereocenters. The molecule has 2 N–H and O–H groups in total. The number of carbonyl (C=O) groups excluding carboxylic acids is 2. The summed E-state index contributed by atoms with van der Waals surface area (Å²) < 4.78 is 10.6. The van der Waals surface area contributed by atoms with Gasteiger partial charge >= 0.3 is 0 Å². The van der Waals surface area contributed by atoms with Gasteiger partial charge in [0.2, 0.25) is 0 Å². The normalized spacial score (nSPS) is 12.2. The van der Waals surface area contributed by atoms with Crippen LogP contribution in [0.3, 0.4) is 0 Å². The molecule has 0 bridgehead atoms. The second-order valence-corrected chi connectivity index (χ2v) is 9.14. The molecule has 2 aromatic carbocycles. The van der Waals surface area contributed by atoms with Crippen molar-refractivity contribution in [3.63, 3.8) is 0 Å². The van der Waals surface area contributed by atoms with Crippen molar-refractivity contribution in [2.75, 3.05) is 14.2 Å². The molecule has 7 heteroatoms. The Balaban J connectivity index is 1.87. The molecule has 0 aliphatic rings. The molecule has 0 saturated carbocycles. The van der Waals surface area contributed by atoms with Crippen molar-refractivity contribution in [1.29, 1.82) is 0 Å². The van der Waals surface area contributed by atoms with Crippen LogP contribution in [0.25, 0.3) is 6.08 Å². The molecule has 1 aromatic heterocycles. The van der Waals surface area contributed by atoms with Gasteiger partial charge in [0.1, 0.15) is 5.70 Å². The highest BCUT2D eigenvalue weighted by atomic mass is 32.1. The maximum absolute atomic E-state index is 13.4. The zero-order valence-corrected chi connectivity index (χ0v) is 20.6. The first-order valence-electron chi connectivity index (χ1n) is 11.1. The number of methoxy groups -OCH3 is 2. The zero-order valence-electron chi connectivity index (χ0n) is 19.8. The van der Waals surface area contributed by atoms with E-state index >= 15 is 0 Å². The Morgan fingerprint density at radius 2 is 1.71 bits per heavy atom. The molecular formula is C27H30N2O4S. The summed E-state index contributed by atoms with van der Waals surface area (Å²) >= 11 is 1.48. The third-order valence-corrected chi connectivity index (χ3v) is 6.00. The van der Waals surface area contributed by atoms with E-state index in [2.05, 4.69) is 24.5 Å². The Bertz CT molecular complexity index is 1120. The van der Waals surface area contributed by atoms with Crippen molar-refractivity contribution in [2.45, 2.75) is 26.3 Å². The van der Waals surface area contributed by atoms with Gasteiger partial charge in [-0.25, -0.2) is 0 Å². The molecule has 0 fully saturated rings. The van der Waals surface area contributed by atoms with E-state index in [0.717, 1.165) is 16.9 Å². The average Bonchev–Trinajstić information content (AvgIpc) is 3.36.